The van der Waals surface area contributed by atoms with Crippen molar-refractivity contribution in [1.82, 2.24) is 5.32 Å². The summed E-state index contributed by atoms with van der Waals surface area (Å²) in [4.78, 5) is 11.6. The standard InChI is InChI=1S/C14H21NO2/c1-6-15-14(16)12(5)17-13-8-9(2)7-10(3)11(13)4/h7-8,12H,6H2,1-5H3,(H,15,16). The van der Waals surface area contributed by atoms with Gasteiger partial charge in [0, 0.05) is 6.54 Å². The number of ether oxygens (including phenoxy) is 1. The average molecular weight is 235 g/mol. The second-order valence-electron chi connectivity index (χ2n) is 4.36. The van der Waals surface area contributed by atoms with Crippen LogP contribution in [0.25, 0.3) is 0 Å². The lowest BCUT2D eigenvalue weighted by atomic mass is 10.1. The molecule has 0 aromatic heterocycles. The van der Waals surface area contributed by atoms with E-state index in [1.54, 1.807) is 6.92 Å². The van der Waals surface area contributed by atoms with E-state index in [0.717, 1.165) is 16.9 Å². The first-order valence-electron chi connectivity index (χ1n) is 5.98. The van der Waals surface area contributed by atoms with Crippen LogP contribution < -0.4 is 10.1 Å². The lowest BCUT2D eigenvalue weighted by Crippen LogP contribution is -2.36. The summed E-state index contributed by atoms with van der Waals surface area (Å²) in [5.74, 6) is 0.715. The third-order valence-electron chi connectivity index (χ3n) is 2.79. The zero-order chi connectivity index (χ0) is 13.0. The van der Waals surface area contributed by atoms with Crippen LogP contribution in [0.3, 0.4) is 0 Å². The van der Waals surface area contributed by atoms with Crippen LogP contribution in [0.15, 0.2) is 12.1 Å². The highest BCUT2D eigenvalue weighted by Gasteiger charge is 2.15. The van der Waals surface area contributed by atoms with Crippen LogP contribution in [0.2, 0.25) is 0 Å². The van der Waals surface area contributed by atoms with Gasteiger partial charge in [-0.05, 0) is 57.4 Å². The smallest absolute Gasteiger partial charge is 0.260 e. The van der Waals surface area contributed by atoms with E-state index >= 15 is 0 Å². The predicted molar refractivity (Wildman–Crippen MR) is 69.4 cm³/mol. The van der Waals surface area contributed by atoms with Gasteiger partial charge < -0.3 is 10.1 Å². The minimum Gasteiger partial charge on any atom is -0.481 e. The maximum Gasteiger partial charge on any atom is 0.260 e. The predicted octanol–water partition coefficient (Wildman–Crippen LogP) is 2.52. The molecule has 17 heavy (non-hydrogen) atoms. The van der Waals surface area contributed by atoms with Gasteiger partial charge >= 0.3 is 0 Å². The van der Waals surface area contributed by atoms with Gasteiger partial charge in [-0.2, -0.15) is 0 Å². The van der Waals surface area contributed by atoms with Gasteiger partial charge in [0.1, 0.15) is 5.75 Å². The van der Waals surface area contributed by atoms with Gasteiger partial charge in [-0.15, -0.1) is 0 Å². The van der Waals surface area contributed by atoms with Crippen molar-refractivity contribution in [2.24, 2.45) is 0 Å². The Kier molecular flexibility index (Phi) is 4.55. The molecule has 0 bridgehead atoms. The summed E-state index contributed by atoms with van der Waals surface area (Å²) >= 11 is 0. The summed E-state index contributed by atoms with van der Waals surface area (Å²) < 4.78 is 5.71. The van der Waals surface area contributed by atoms with E-state index in [1.165, 1.54) is 5.56 Å². The first kappa shape index (κ1) is 13.6. The molecular weight excluding hydrogens is 214 g/mol. The molecule has 0 aliphatic carbocycles. The molecule has 1 rings (SSSR count). The van der Waals surface area contributed by atoms with Gasteiger partial charge in [-0.25, -0.2) is 0 Å². The number of hydrogen-bond acceptors (Lipinski definition) is 2. The third-order valence-corrected chi connectivity index (χ3v) is 2.79. The molecule has 0 aliphatic rings. The van der Waals surface area contributed by atoms with Gasteiger partial charge in [-0.1, -0.05) is 6.07 Å². The van der Waals surface area contributed by atoms with Crippen molar-refractivity contribution in [3.8, 4) is 5.75 Å². The summed E-state index contributed by atoms with van der Waals surface area (Å²) in [5, 5.41) is 2.75. The van der Waals surface area contributed by atoms with E-state index < -0.39 is 6.10 Å². The molecule has 1 unspecified atom stereocenters. The largest absolute Gasteiger partial charge is 0.481 e. The van der Waals surface area contributed by atoms with Crippen LogP contribution in [-0.4, -0.2) is 18.6 Å². The SMILES string of the molecule is CCNC(=O)C(C)Oc1cc(C)cc(C)c1C. The zero-order valence-electron chi connectivity index (χ0n) is 11.3. The molecule has 0 heterocycles. The second kappa shape index (κ2) is 5.71. The van der Waals surface area contributed by atoms with Crippen molar-refractivity contribution < 1.29 is 9.53 Å². The highest BCUT2D eigenvalue weighted by atomic mass is 16.5. The van der Waals surface area contributed by atoms with Gasteiger partial charge in [0.25, 0.3) is 5.91 Å². The molecule has 0 aliphatic heterocycles. The zero-order valence-corrected chi connectivity index (χ0v) is 11.3. The lowest BCUT2D eigenvalue weighted by molar-refractivity contribution is -0.127. The average Bonchev–Trinajstić information content (AvgIpc) is 2.25. The Balaban J connectivity index is 2.84. The number of aryl methyl sites for hydroxylation is 2. The molecule has 3 nitrogen and oxygen atoms in total. The molecule has 1 atom stereocenters. The van der Waals surface area contributed by atoms with Crippen molar-refractivity contribution >= 4 is 5.91 Å². The van der Waals surface area contributed by atoms with E-state index in [4.69, 9.17) is 4.74 Å². The van der Waals surface area contributed by atoms with Gasteiger partial charge in [0.05, 0.1) is 0 Å². The Morgan fingerprint density at radius 2 is 2.00 bits per heavy atom. The molecule has 0 saturated carbocycles. The number of likely N-dealkylation sites (N-methyl/N-ethyl adjacent to an activating group) is 1. The van der Waals surface area contributed by atoms with Crippen LogP contribution in [0.4, 0.5) is 0 Å². The Morgan fingerprint density at radius 3 is 2.59 bits per heavy atom. The number of amides is 1. The first-order chi connectivity index (χ1) is 7.95. The molecule has 94 valence electrons. The van der Waals surface area contributed by atoms with E-state index in [9.17, 15) is 4.79 Å². The molecule has 1 aromatic rings. The van der Waals surface area contributed by atoms with Crippen LogP contribution in [0.1, 0.15) is 30.5 Å². The highest BCUT2D eigenvalue weighted by molar-refractivity contribution is 5.80. The van der Waals surface area contributed by atoms with Crippen LogP contribution >= 0.6 is 0 Å². The van der Waals surface area contributed by atoms with E-state index in [0.29, 0.717) is 6.54 Å². The van der Waals surface area contributed by atoms with E-state index in [1.807, 2.05) is 33.8 Å². The van der Waals surface area contributed by atoms with Gasteiger partial charge in [0.2, 0.25) is 0 Å². The lowest BCUT2D eigenvalue weighted by Gasteiger charge is -2.17. The number of benzene rings is 1. The van der Waals surface area contributed by atoms with Crippen molar-refractivity contribution in [3.05, 3.63) is 28.8 Å². The number of carbonyl (C=O) groups is 1. The van der Waals surface area contributed by atoms with Crippen molar-refractivity contribution in [2.45, 2.75) is 40.7 Å². The molecule has 1 N–H and O–H groups in total. The fourth-order valence-corrected chi connectivity index (χ4v) is 1.69. The molecule has 0 radical (unpaired) electrons. The molecule has 1 aromatic carbocycles. The molecule has 0 fully saturated rings. The molecular formula is C14H21NO2. The fourth-order valence-electron chi connectivity index (χ4n) is 1.69. The van der Waals surface area contributed by atoms with E-state index in [-0.39, 0.29) is 5.91 Å². The Bertz CT molecular complexity index is 413. The Labute approximate surface area is 103 Å². The number of nitrogens with one attached hydrogen (secondary N) is 1. The maximum atomic E-state index is 11.6. The number of hydrogen-bond donors (Lipinski definition) is 1. The van der Waals surface area contributed by atoms with Gasteiger partial charge in [0.15, 0.2) is 6.10 Å². The van der Waals surface area contributed by atoms with Crippen LogP contribution in [-0.2, 0) is 4.79 Å². The summed E-state index contributed by atoms with van der Waals surface area (Å²) in [7, 11) is 0. The van der Waals surface area contributed by atoms with Crippen molar-refractivity contribution in [1.29, 1.82) is 0 Å². The topological polar surface area (TPSA) is 38.3 Å². The number of rotatable bonds is 4. The first-order valence-corrected chi connectivity index (χ1v) is 5.98. The maximum absolute atomic E-state index is 11.6. The molecule has 3 heteroatoms. The van der Waals surface area contributed by atoms with Crippen LogP contribution in [0, 0.1) is 20.8 Å². The third kappa shape index (κ3) is 3.48. The Hall–Kier alpha value is -1.51. The minimum atomic E-state index is -0.463. The fraction of sp³-hybridized carbons (Fsp3) is 0.500. The summed E-state index contributed by atoms with van der Waals surface area (Å²) in [5.41, 5.74) is 3.42. The second-order valence-corrected chi connectivity index (χ2v) is 4.36. The summed E-state index contributed by atoms with van der Waals surface area (Å²) in [6.07, 6.45) is -0.463. The quantitative estimate of drug-likeness (QED) is 0.870. The normalized spacial score (nSPS) is 12.1. The number of carbonyl (C=O) groups excluding carboxylic acids is 1. The molecule has 1 amide bonds. The summed E-state index contributed by atoms with van der Waals surface area (Å²) in [6.45, 7) is 10.4. The monoisotopic (exact) mass is 235 g/mol. The van der Waals surface area contributed by atoms with Crippen molar-refractivity contribution in [3.63, 3.8) is 0 Å². The van der Waals surface area contributed by atoms with Crippen molar-refractivity contribution in [2.75, 3.05) is 6.54 Å². The Morgan fingerprint density at radius 1 is 1.35 bits per heavy atom. The highest BCUT2D eigenvalue weighted by Crippen LogP contribution is 2.24. The van der Waals surface area contributed by atoms with Crippen LogP contribution in [0.5, 0.6) is 5.75 Å². The summed E-state index contributed by atoms with van der Waals surface area (Å²) in [6, 6.07) is 4.08. The minimum absolute atomic E-state index is 0.0777. The van der Waals surface area contributed by atoms with Gasteiger partial charge in [-0.3, -0.25) is 4.79 Å². The van der Waals surface area contributed by atoms with E-state index in [2.05, 4.69) is 11.4 Å². The molecule has 0 spiro atoms. The molecule has 0 saturated heterocycles.